The zero-order valence-corrected chi connectivity index (χ0v) is 21.4. The Bertz CT molecular complexity index is 1250. The Balaban J connectivity index is 1.50. The van der Waals surface area contributed by atoms with Gasteiger partial charge in [-0.1, -0.05) is 24.4 Å². The number of rotatable bonds is 12. The van der Waals surface area contributed by atoms with Crippen molar-refractivity contribution in [3.63, 3.8) is 0 Å². The Hall–Kier alpha value is -3.17. The second-order valence-corrected chi connectivity index (χ2v) is 9.50. The van der Waals surface area contributed by atoms with Gasteiger partial charge in [-0.05, 0) is 55.7 Å². The molecule has 4 rings (SSSR count). The van der Waals surface area contributed by atoms with Gasteiger partial charge in [0, 0.05) is 29.8 Å². The van der Waals surface area contributed by atoms with E-state index in [2.05, 4.69) is 28.2 Å². The average Bonchev–Trinajstić information content (AvgIpc) is 3.66. The highest BCUT2D eigenvalue weighted by molar-refractivity contribution is 7.80. The van der Waals surface area contributed by atoms with Gasteiger partial charge in [0.1, 0.15) is 17.2 Å². The smallest absolute Gasteiger partial charge is 0.319 e. The molecule has 1 heterocycles. The van der Waals surface area contributed by atoms with Gasteiger partial charge in [0.2, 0.25) is 0 Å². The molecule has 0 saturated heterocycles. The van der Waals surface area contributed by atoms with Gasteiger partial charge < -0.3 is 25.8 Å². The summed E-state index contributed by atoms with van der Waals surface area (Å²) in [5.41, 5.74) is 6.98. The van der Waals surface area contributed by atoms with Gasteiger partial charge in [-0.25, -0.2) is 4.79 Å². The van der Waals surface area contributed by atoms with E-state index in [0.717, 1.165) is 44.3 Å². The number of thiol groups is 1. The Kier molecular flexibility index (Phi) is 8.77. The lowest BCUT2D eigenvalue weighted by Crippen LogP contribution is -2.30. The number of ether oxygens (including phenoxy) is 2. The number of carbonyl (C=O) groups is 2. The maximum Gasteiger partial charge on any atom is 0.319 e. The van der Waals surface area contributed by atoms with E-state index in [1.165, 1.54) is 0 Å². The van der Waals surface area contributed by atoms with Crippen LogP contribution in [-0.2, 0) is 0 Å². The molecule has 2 aromatic carbocycles. The monoisotopic (exact) mass is 528 g/mol. The van der Waals surface area contributed by atoms with Crippen molar-refractivity contribution in [1.82, 2.24) is 10.3 Å². The fourth-order valence-electron chi connectivity index (χ4n) is 3.66. The number of fused-ring (bicyclic) bond motifs is 1. The third-order valence-electron chi connectivity index (χ3n) is 5.71. The van der Waals surface area contributed by atoms with E-state index >= 15 is 0 Å². The first-order valence-electron chi connectivity index (χ1n) is 12.0. The molecule has 36 heavy (non-hydrogen) atoms. The quantitative estimate of drug-likeness (QED) is 0.172. The number of hydrogen-bond acceptors (Lipinski definition) is 6. The van der Waals surface area contributed by atoms with Gasteiger partial charge in [0.25, 0.3) is 5.91 Å². The fraction of sp³-hybridized carbons (Fsp3) is 0.346. The first kappa shape index (κ1) is 25.9. The lowest BCUT2D eigenvalue weighted by Gasteiger charge is -2.14. The minimum absolute atomic E-state index is 0.241. The number of nitrogens with one attached hydrogen (secondary N) is 2. The molecule has 190 valence electrons. The summed E-state index contributed by atoms with van der Waals surface area (Å²) < 4.78 is 11.9. The van der Waals surface area contributed by atoms with Gasteiger partial charge in [-0.2, -0.15) is 12.6 Å². The Morgan fingerprint density at radius 2 is 1.89 bits per heavy atom. The van der Waals surface area contributed by atoms with Gasteiger partial charge >= 0.3 is 6.03 Å². The van der Waals surface area contributed by atoms with Crippen LogP contribution in [0.2, 0.25) is 5.02 Å². The minimum atomic E-state index is -0.597. The second-order valence-electron chi connectivity index (χ2n) is 8.64. The SMILES string of the molecule is NC(=O)c1cc2c(Oc3ccc(NC(=O)NC4CC4)c(Cl)c3)ccnc2cc1OCCCCCCS. The largest absolute Gasteiger partial charge is 0.493 e. The lowest BCUT2D eigenvalue weighted by molar-refractivity contribution is 0.0996. The number of hydrogen-bond donors (Lipinski definition) is 4. The fourth-order valence-corrected chi connectivity index (χ4v) is 4.10. The number of nitrogens with two attached hydrogens (primary N) is 1. The van der Waals surface area contributed by atoms with Crippen LogP contribution in [0, 0.1) is 0 Å². The van der Waals surface area contributed by atoms with Crippen LogP contribution in [0.4, 0.5) is 10.5 Å². The minimum Gasteiger partial charge on any atom is -0.493 e. The summed E-state index contributed by atoms with van der Waals surface area (Å²) in [6, 6.07) is 9.97. The maximum absolute atomic E-state index is 12.2. The lowest BCUT2D eigenvalue weighted by atomic mass is 10.1. The Morgan fingerprint density at radius 3 is 2.61 bits per heavy atom. The number of benzene rings is 2. The van der Waals surface area contributed by atoms with Crippen LogP contribution >= 0.6 is 24.2 Å². The molecule has 0 spiro atoms. The molecule has 3 aromatic rings. The van der Waals surface area contributed by atoms with Crippen LogP contribution < -0.4 is 25.8 Å². The molecule has 0 atom stereocenters. The van der Waals surface area contributed by atoms with Gasteiger partial charge in [0.15, 0.2) is 0 Å². The molecular weight excluding hydrogens is 500 g/mol. The molecule has 0 unspecified atom stereocenters. The molecule has 1 saturated carbocycles. The number of aromatic nitrogens is 1. The zero-order chi connectivity index (χ0) is 25.5. The van der Waals surface area contributed by atoms with Crippen LogP contribution in [0.15, 0.2) is 42.6 Å². The average molecular weight is 529 g/mol. The van der Waals surface area contributed by atoms with Gasteiger partial charge in [-0.15, -0.1) is 0 Å². The number of primary amides is 1. The standard InChI is InChI=1S/C26H29ClN4O4S/c27-20-13-17(7-8-21(20)31-26(33)30-16-5-6-16)35-23-9-10-29-22-15-24(19(25(28)32)14-18(22)23)34-11-3-1-2-4-12-36/h7-10,13-16,36H,1-6,11-12H2,(H2,28,32)(H2,30,31,33). The summed E-state index contributed by atoms with van der Waals surface area (Å²) in [5, 5.41) is 6.53. The molecule has 0 radical (unpaired) electrons. The second kappa shape index (κ2) is 12.2. The summed E-state index contributed by atoms with van der Waals surface area (Å²) in [5.74, 6) is 1.61. The number of carbonyl (C=O) groups excluding carboxylic acids is 2. The van der Waals surface area contributed by atoms with E-state index in [0.29, 0.717) is 45.5 Å². The van der Waals surface area contributed by atoms with Gasteiger partial charge in [-0.3, -0.25) is 9.78 Å². The van der Waals surface area contributed by atoms with Crippen LogP contribution in [0.1, 0.15) is 48.9 Å². The van der Waals surface area contributed by atoms with E-state index in [9.17, 15) is 9.59 Å². The van der Waals surface area contributed by atoms with Crippen molar-refractivity contribution < 1.29 is 19.1 Å². The number of amides is 3. The summed E-state index contributed by atoms with van der Waals surface area (Å²) >= 11 is 10.6. The molecule has 8 nitrogen and oxygen atoms in total. The van der Waals surface area contributed by atoms with E-state index < -0.39 is 5.91 Å². The van der Waals surface area contributed by atoms with Crippen molar-refractivity contribution >= 4 is 52.8 Å². The molecule has 1 aromatic heterocycles. The summed E-state index contributed by atoms with van der Waals surface area (Å²) in [6.45, 7) is 0.478. The van der Waals surface area contributed by atoms with Crippen molar-refractivity contribution in [2.45, 2.75) is 44.6 Å². The van der Waals surface area contributed by atoms with E-state index in [-0.39, 0.29) is 17.6 Å². The maximum atomic E-state index is 12.2. The molecule has 10 heteroatoms. The third kappa shape index (κ3) is 6.95. The molecular formula is C26H29ClN4O4S. The van der Waals surface area contributed by atoms with Crippen molar-refractivity contribution in [3.05, 3.63) is 53.2 Å². The normalized spacial score (nSPS) is 12.8. The van der Waals surface area contributed by atoms with Crippen molar-refractivity contribution in [2.24, 2.45) is 5.73 Å². The topological polar surface area (TPSA) is 116 Å². The predicted molar refractivity (Wildman–Crippen MR) is 145 cm³/mol. The number of urea groups is 1. The molecule has 0 aliphatic heterocycles. The summed E-state index contributed by atoms with van der Waals surface area (Å²) in [6.07, 6.45) is 7.66. The van der Waals surface area contributed by atoms with E-state index in [1.54, 1.807) is 42.6 Å². The number of anilines is 1. The molecule has 0 bridgehead atoms. The molecule has 1 fully saturated rings. The Labute approximate surface area is 220 Å². The summed E-state index contributed by atoms with van der Waals surface area (Å²) in [4.78, 5) is 28.6. The van der Waals surface area contributed by atoms with Crippen LogP contribution in [0.25, 0.3) is 10.9 Å². The third-order valence-corrected chi connectivity index (χ3v) is 6.34. The highest BCUT2D eigenvalue weighted by atomic mass is 35.5. The number of pyridine rings is 1. The summed E-state index contributed by atoms with van der Waals surface area (Å²) in [7, 11) is 0. The highest BCUT2D eigenvalue weighted by Gasteiger charge is 2.23. The first-order chi connectivity index (χ1) is 17.4. The van der Waals surface area contributed by atoms with Crippen LogP contribution in [0.3, 0.4) is 0 Å². The van der Waals surface area contributed by atoms with Crippen LogP contribution in [-0.4, -0.2) is 35.3 Å². The Morgan fingerprint density at radius 1 is 1.08 bits per heavy atom. The predicted octanol–water partition coefficient (Wildman–Crippen LogP) is 5.93. The number of nitrogens with zero attached hydrogens (tertiary/aromatic N) is 1. The number of unbranched alkanes of at least 4 members (excludes halogenated alkanes) is 3. The van der Waals surface area contributed by atoms with Crippen LogP contribution in [0.5, 0.6) is 17.2 Å². The zero-order valence-electron chi connectivity index (χ0n) is 19.8. The molecule has 4 N–H and O–H groups in total. The van der Waals surface area contributed by atoms with Crippen molar-refractivity contribution in [1.29, 1.82) is 0 Å². The van der Waals surface area contributed by atoms with Crippen molar-refractivity contribution in [3.8, 4) is 17.2 Å². The van der Waals surface area contributed by atoms with Crippen molar-refractivity contribution in [2.75, 3.05) is 17.7 Å². The van der Waals surface area contributed by atoms with E-state index in [4.69, 9.17) is 26.8 Å². The number of halogens is 1. The first-order valence-corrected chi connectivity index (χ1v) is 13.0. The molecule has 1 aliphatic carbocycles. The molecule has 3 amide bonds. The van der Waals surface area contributed by atoms with E-state index in [1.807, 2.05) is 0 Å². The highest BCUT2D eigenvalue weighted by Crippen LogP contribution is 2.35. The molecule has 1 aliphatic rings. The van der Waals surface area contributed by atoms with Gasteiger partial charge in [0.05, 0.1) is 28.4 Å².